The number of aromatic nitrogens is 1. The fourth-order valence-corrected chi connectivity index (χ4v) is 4.40. The van der Waals surface area contributed by atoms with Gasteiger partial charge in [-0.25, -0.2) is 9.37 Å². The molecule has 1 saturated carbocycles. The van der Waals surface area contributed by atoms with Crippen LogP contribution in [0.3, 0.4) is 0 Å². The van der Waals surface area contributed by atoms with Gasteiger partial charge in [0.05, 0.1) is 16.6 Å². The predicted octanol–water partition coefficient (Wildman–Crippen LogP) is 5.10. The Kier molecular flexibility index (Phi) is 6.72. The molecule has 1 N–H and O–H groups in total. The van der Waals surface area contributed by atoms with Crippen LogP contribution in [0.4, 0.5) is 4.39 Å². The fraction of sp³-hybridized carbons (Fsp3) is 0.429. The lowest BCUT2D eigenvalue weighted by Crippen LogP contribution is -2.12. The summed E-state index contributed by atoms with van der Waals surface area (Å²) in [5.41, 5.74) is 1.41. The standard InChI is InChI=1S/C21H24FNO3S/c1-14(21(24)25)11-15-9-10-19(18(22)12-15)26-13-16-5-4-8-20(23-16)27-17-6-2-3-7-17/h4-5,8-10,12,14,17H,2-3,6-7,11,13H2,1H3,(H,24,25). The molecule has 0 saturated heterocycles. The van der Waals surface area contributed by atoms with Gasteiger partial charge in [0, 0.05) is 5.25 Å². The van der Waals surface area contributed by atoms with Crippen LogP contribution >= 0.6 is 11.8 Å². The Labute approximate surface area is 163 Å². The predicted molar refractivity (Wildman–Crippen MR) is 104 cm³/mol. The molecule has 3 rings (SSSR count). The minimum absolute atomic E-state index is 0.150. The Bertz CT molecular complexity index is 793. The van der Waals surface area contributed by atoms with Gasteiger partial charge in [-0.1, -0.05) is 31.9 Å². The lowest BCUT2D eigenvalue weighted by Gasteiger charge is -2.11. The van der Waals surface area contributed by atoms with Gasteiger partial charge in [-0.3, -0.25) is 4.79 Å². The number of aliphatic carboxylic acids is 1. The maximum Gasteiger partial charge on any atom is 0.306 e. The van der Waals surface area contributed by atoms with E-state index in [0.717, 1.165) is 10.7 Å². The van der Waals surface area contributed by atoms with Crippen molar-refractivity contribution >= 4 is 17.7 Å². The van der Waals surface area contributed by atoms with E-state index in [1.807, 2.05) is 30.0 Å². The van der Waals surface area contributed by atoms with Crippen molar-refractivity contribution < 1.29 is 19.0 Å². The summed E-state index contributed by atoms with van der Waals surface area (Å²) in [5.74, 6) is -1.78. The van der Waals surface area contributed by atoms with E-state index in [1.54, 1.807) is 19.1 Å². The van der Waals surface area contributed by atoms with E-state index in [-0.39, 0.29) is 18.8 Å². The van der Waals surface area contributed by atoms with Crippen molar-refractivity contribution in [2.75, 3.05) is 0 Å². The minimum atomic E-state index is -0.892. The van der Waals surface area contributed by atoms with Crippen LogP contribution in [0.5, 0.6) is 5.75 Å². The molecule has 1 unspecified atom stereocenters. The summed E-state index contributed by atoms with van der Waals surface area (Å²) in [6.07, 6.45) is 5.35. The van der Waals surface area contributed by atoms with E-state index in [0.29, 0.717) is 10.8 Å². The summed E-state index contributed by atoms with van der Waals surface area (Å²) in [5, 5.41) is 10.6. The van der Waals surface area contributed by atoms with Gasteiger partial charge in [0.2, 0.25) is 0 Å². The van der Waals surface area contributed by atoms with Crippen molar-refractivity contribution in [3.8, 4) is 5.75 Å². The van der Waals surface area contributed by atoms with Crippen molar-refractivity contribution in [3.63, 3.8) is 0 Å². The molecular formula is C21H24FNO3S. The summed E-state index contributed by atoms with van der Waals surface area (Å²) >= 11 is 1.81. The second-order valence-corrected chi connectivity index (χ2v) is 8.31. The summed E-state index contributed by atoms with van der Waals surface area (Å²) in [6, 6.07) is 10.4. The minimum Gasteiger partial charge on any atom is -0.484 e. The number of halogens is 1. The average Bonchev–Trinajstić information content (AvgIpc) is 3.14. The zero-order chi connectivity index (χ0) is 19.2. The quantitative estimate of drug-likeness (QED) is 0.681. The van der Waals surface area contributed by atoms with E-state index < -0.39 is 17.7 Å². The second kappa shape index (κ2) is 9.22. The van der Waals surface area contributed by atoms with Crippen molar-refractivity contribution in [1.29, 1.82) is 0 Å². The number of carboxylic acid groups (broad SMARTS) is 1. The van der Waals surface area contributed by atoms with Crippen LogP contribution in [-0.4, -0.2) is 21.3 Å². The lowest BCUT2D eigenvalue weighted by molar-refractivity contribution is -0.141. The van der Waals surface area contributed by atoms with Gasteiger partial charge in [0.25, 0.3) is 0 Å². The maximum atomic E-state index is 14.3. The first-order valence-corrected chi connectivity index (χ1v) is 10.2. The highest BCUT2D eigenvalue weighted by Gasteiger charge is 2.17. The summed E-state index contributed by atoms with van der Waals surface area (Å²) in [6.45, 7) is 1.80. The number of carboxylic acids is 1. The van der Waals surface area contributed by atoms with Gasteiger partial charge in [-0.15, -0.1) is 11.8 Å². The van der Waals surface area contributed by atoms with E-state index in [9.17, 15) is 9.18 Å². The molecule has 2 aromatic rings. The van der Waals surface area contributed by atoms with E-state index >= 15 is 0 Å². The van der Waals surface area contributed by atoms with Crippen LogP contribution in [0.25, 0.3) is 0 Å². The Morgan fingerprint density at radius 1 is 1.33 bits per heavy atom. The van der Waals surface area contributed by atoms with Crippen LogP contribution < -0.4 is 4.74 Å². The van der Waals surface area contributed by atoms with E-state index in [2.05, 4.69) is 4.98 Å². The van der Waals surface area contributed by atoms with Crippen LogP contribution in [0.15, 0.2) is 41.4 Å². The van der Waals surface area contributed by atoms with Gasteiger partial charge in [0.15, 0.2) is 11.6 Å². The summed E-state index contributed by atoms with van der Waals surface area (Å²) in [4.78, 5) is 15.5. The number of thioether (sulfide) groups is 1. The second-order valence-electron chi connectivity index (χ2n) is 6.99. The third-order valence-corrected chi connectivity index (χ3v) is 5.98. The first-order chi connectivity index (χ1) is 13.0. The molecule has 1 fully saturated rings. The van der Waals surface area contributed by atoms with E-state index in [4.69, 9.17) is 9.84 Å². The number of benzene rings is 1. The number of rotatable bonds is 8. The first-order valence-electron chi connectivity index (χ1n) is 9.28. The molecule has 1 atom stereocenters. The average molecular weight is 389 g/mol. The molecule has 0 amide bonds. The monoisotopic (exact) mass is 389 g/mol. The SMILES string of the molecule is CC(Cc1ccc(OCc2cccc(SC3CCCC3)n2)c(F)c1)C(=O)O. The molecule has 1 aliphatic rings. The lowest BCUT2D eigenvalue weighted by atomic mass is 10.0. The van der Waals surface area contributed by atoms with Gasteiger partial charge in [-0.2, -0.15) is 0 Å². The highest BCUT2D eigenvalue weighted by atomic mass is 32.2. The number of pyridine rings is 1. The van der Waals surface area contributed by atoms with Crippen molar-refractivity contribution in [3.05, 3.63) is 53.5 Å². The van der Waals surface area contributed by atoms with Crippen LogP contribution in [0.1, 0.15) is 43.9 Å². The fourth-order valence-electron chi connectivity index (χ4n) is 3.16. The van der Waals surface area contributed by atoms with Gasteiger partial charge in [0.1, 0.15) is 6.61 Å². The number of nitrogens with zero attached hydrogens (tertiary/aromatic N) is 1. The molecule has 0 radical (unpaired) electrons. The van der Waals surface area contributed by atoms with Crippen LogP contribution in [0.2, 0.25) is 0 Å². The normalized spacial score (nSPS) is 15.6. The number of ether oxygens (including phenoxy) is 1. The topological polar surface area (TPSA) is 59.4 Å². The first kappa shape index (κ1) is 19.7. The molecule has 1 aromatic heterocycles. The number of hydrogen-bond acceptors (Lipinski definition) is 4. The molecule has 1 aromatic carbocycles. The highest BCUT2D eigenvalue weighted by Crippen LogP contribution is 2.33. The Morgan fingerprint density at radius 2 is 2.11 bits per heavy atom. The molecule has 1 heterocycles. The van der Waals surface area contributed by atoms with E-state index in [1.165, 1.54) is 31.7 Å². The Morgan fingerprint density at radius 3 is 2.81 bits per heavy atom. The molecule has 27 heavy (non-hydrogen) atoms. The van der Waals surface area contributed by atoms with Crippen molar-refractivity contribution in [1.82, 2.24) is 4.98 Å². The maximum absolute atomic E-state index is 14.3. The highest BCUT2D eigenvalue weighted by molar-refractivity contribution is 7.99. The van der Waals surface area contributed by atoms with Gasteiger partial charge in [-0.05, 0) is 49.1 Å². The molecule has 4 nitrogen and oxygen atoms in total. The third kappa shape index (κ3) is 5.70. The molecule has 144 valence electrons. The zero-order valence-corrected chi connectivity index (χ0v) is 16.2. The zero-order valence-electron chi connectivity index (χ0n) is 15.4. The molecule has 0 bridgehead atoms. The molecule has 1 aliphatic carbocycles. The van der Waals surface area contributed by atoms with Crippen molar-refractivity contribution in [2.24, 2.45) is 5.92 Å². The molecule has 6 heteroatoms. The molecule has 0 spiro atoms. The molecular weight excluding hydrogens is 365 g/mol. The van der Waals surface area contributed by atoms with Crippen LogP contribution in [0, 0.1) is 11.7 Å². The van der Waals surface area contributed by atoms with Gasteiger partial charge < -0.3 is 9.84 Å². The third-order valence-electron chi connectivity index (χ3n) is 4.71. The Balaban J connectivity index is 1.58. The largest absolute Gasteiger partial charge is 0.484 e. The van der Waals surface area contributed by atoms with Gasteiger partial charge >= 0.3 is 5.97 Å². The Hall–Kier alpha value is -2.08. The summed E-state index contributed by atoms with van der Waals surface area (Å²) < 4.78 is 19.8. The number of hydrogen-bond donors (Lipinski definition) is 1. The summed E-state index contributed by atoms with van der Waals surface area (Å²) in [7, 11) is 0. The van der Waals surface area contributed by atoms with Crippen molar-refractivity contribution in [2.45, 2.75) is 55.9 Å². The smallest absolute Gasteiger partial charge is 0.306 e. The van der Waals surface area contributed by atoms with Crippen LogP contribution in [-0.2, 0) is 17.8 Å². The number of carbonyl (C=O) groups is 1. The molecule has 0 aliphatic heterocycles.